The zero-order chi connectivity index (χ0) is 13.1. The lowest BCUT2D eigenvalue weighted by Crippen LogP contribution is -2.10. The fourth-order valence-electron chi connectivity index (χ4n) is 1.91. The molecule has 0 unspecified atom stereocenters. The Morgan fingerprint density at radius 1 is 1.37 bits per heavy atom. The lowest BCUT2D eigenvalue weighted by Gasteiger charge is -2.08. The molecule has 1 aliphatic rings. The number of hydrogen-bond acceptors (Lipinski definition) is 6. The normalized spacial score (nSPS) is 14.5. The van der Waals surface area contributed by atoms with Crippen molar-refractivity contribution in [2.24, 2.45) is 0 Å². The number of nitrogens with two attached hydrogens (primary N) is 1. The van der Waals surface area contributed by atoms with Crippen LogP contribution in [-0.4, -0.2) is 31.5 Å². The smallest absolute Gasteiger partial charge is 0.136 e. The first kappa shape index (κ1) is 11.9. The Morgan fingerprint density at radius 2 is 2.26 bits per heavy atom. The molecule has 2 aromatic heterocycles. The maximum absolute atomic E-state index is 5.79. The van der Waals surface area contributed by atoms with E-state index in [4.69, 9.17) is 5.73 Å². The van der Waals surface area contributed by atoms with Gasteiger partial charge in [-0.2, -0.15) is 0 Å². The summed E-state index contributed by atoms with van der Waals surface area (Å²) in [4.78, 5) is 8.76. The molecular weight excluding hydrogens is 242 g/mol. The van der Waals surface area contributed by atoms with Crippen molar-refractivity contribution in [1.29, 1.82) is 0 Å². The zero-order valence-electron chi connectivity index (χ0n) is 10.7. The highest BCUT2D eigenvalue weighted by molar-refractivity contribution is 5.45. The first-order chi connectivity index (χ1) is 9.31. The van der Waals surface area contributed by atoms with Gasteiger partial charge in [0, 0.05) is 31.3 Å². The Bertz CT molecular complexity index is 533. The van der Waals surface area contributed by atoms with Crippen molar-refractivity contribution in [3.63, 3.8) is 0 Å². The molecule has 0 spiro atoms. The molecule has 0 saturated heterocycles. The van der Waals surface area contributed by atoms with E-state index >= 15 is 0 Å². The van der Waals surface area contributed by atoms with E-state index in [1.807, 2.05) is 10.9 Å². The van der Waals surface area contributed by atoms with E-state index in [-0.39, 0.29) is 0 Å². The van der Waals surface area contributed by atoms with E-state index in [0.29, 0.717) is 11.7 Å². The van der Waals surface area contributed by atoms with Crippen molar-refractivity contribution in [3.8, 4) is 0 Å². The van der Waals surface area contributed by atoms with Crippen LogP contribution in [0.2, 0.25) is 0 Å². The van der Waals surface area contributed by atoms with Gasteiger partial charge in [0.05, 0.1) is 6.20 Å². The first-order valence-corrected chi connectivity index (χ1v) is 6.54. The summed E-state index contributed by atoms with van der Waals surface area (Å²) in [7, 11) is 0. The third-order valence-corrected chi connectivity index (χ3v) is 3.05. The zero-order valence-corrected chi connectivity index (χ0v) is 10.7. The van der Waals surface area contributed by atoms with E-state index in [2.05, 4.69) is 25.6 Å². The summed E-state index contributed by atoms with van der Waals surface area (Å²) in [6.07, 6.45) is 6.84. The van der Waals surface area contributed by atoms with E-state index in [1.54, 1.807) is 12.3 Å². The van der Waals surface area contributed by atoms with Crippen LogP contribution in [0, 0.1) is 0 Å². The molecule has 19 heavy (non-hydrogen) atoms. The van der Waals surface area contributed by atoms with Crippen LogP contribution in [0.3, 0.4) is 0 Å². The van der Waals surface area contributed by atoms with Crippen molar-refractivity contribution in [1.82, 2.24) is 25.0 Å². The van der Waals surface area contributed by atoms with Gasteiger partial charge < -0.3 is 11.1 Å². The summed E-state index contributed by atoms with van der Waals surface area (Å²) in [5.41, 5.74) is 5.79. The number of anilines is 2. The Labute approximate surface area is 111 Å². The summed E-state index contributed by atoms with van der Waals surface area (Å²) in [6.45, 7) is 1.66. The largest absolute Gasteiger partial charge is 0.384 e. The van der Waals surface area contributed by atoms with Gasteiger partial charge in [-0.05, 0) is 19.3 Å². The third-order valence-electron chi connectivity index (χ3n) is 3.05. The molecule has 3 N–H and O–H groups in total. The molecular formula is C12H17N7. The average Bonchev–Trinajstić information content (AvgIpc) is 3.12. The molecule has 1 aliphatic carbocycles. The summed E-state index contributed by atoms with van der Waals surface area (Å²) >= 11 is 0. The number of nitrogens with one attached hydrogen (secondary N) is 1. The minimum atomic E-state index is 0.513. The fourth-order valence-corrected chi connectivity index (χ4v) is 1.91. The standard InChI is InChI=1S/C12H17N7/c13-10-8-11(17-12(16-10)9-2-3-9)14-4-1-6-19-7-5-15-18-19/h5,7-9H,1-4,6H2,(H3,13,14,16,17). The van der Waals surface area contributed by atoms with Gasteiger partial charge in [-0.3, -0.25) is 4.68 Å². The fraction of sp³-hybridized carbons (Fsp3) is 0.500. The highest BCUT2D eigenvalue weighted by atomic mass is 15.4. The summed E-state index contributed by atoms with van der Waals surface area (Å²) in [6, 6.07) is 1.78. The summed E-state index contributed by atoms with van der Waals surface area (Å²) in [5.74, 6) is 2.74. The second kappa shape index (κ2) is 5.21. The van der Waals surface area contributed by atoms with Gasteiger partial charge >= 0.3 is 0 Å². The van der Waals surface area contributed by atoms with E-state index in [0.717, 1.165) is 31.2 Å². The van der Waals surface area contributed by atoms with E-state index in [9.17, 15) is 0 Å². The molecule has 7 nitrogen and oxygen atoms in total. The minimum absolute atomic E-state index is 0.513. The monoisotopic (exact) mass is 259 g/mol. The van der Waals surface area contributed by atoms with Crippen LogP contribution in [0.15, 0.2) is 18.5 Å². The molecule has 2 heterocycles. The van der Waals surface area contributed by atoms with Gasteiger partial charge in [-0.15, -0.1) is 5.10 Å². The van der Waals surface area contributed by atoms with Gasteiger partial charge in [0.25, 0.3) is 0 Å². The molecule has 0 bridgehead atoms. The van der Waals surface area contributed by atoms with Crippen LogP contribution in [0.4, 0.5) is 11.6 Å². The maximum Gasteiger partial charge on any atom is 0.136 e. The topological polar surface area (TPSA) is 94.5 Å². The van der Waals surface area contributed by atoms with Crippen LogP contribution in [0.25, 0.3) is 0 Å². The molecule has 7 heteroatoms. The second-order valence-corrected chi connectivity index (χ2v) is 4.76. The minimum Gasteiger partial charge on any atom is -0.384 e. The molecule has 0 radical (unpaired) electrons. The lowest BCUT2D eigenvalue weighted by atomic mass is 10.3. The Balaban J connectivity index is 1.51. The molecule has 1 saturated carbocycles. The lowest BCUT2D eigenvalue weighted by molar-refractivity contribution is 0.569. The Kier molecular flexibility index (Phi) is 3.26. The van der Waals surface area contributed by atoms with Crippen molar-refractivity contribution >= 4 is 11.6 Å². The van der Waals surface area contributed by atoms with Crippen molar-refractivity contribution < 1.29 is 0 Å². The number of nitrogen functional groups attached to an aromatic ring is 1. The Hall–Kier alpha value is -2.18. The summed E-state index contributed by atoms with van der Waals surface area (Å²) < 4.78 is 1.81. The number of hydrogen-bond donors (Lipinski definition) is 2. The number of aromatic nitrogens is 5. The highest BCUT2D eigenvalue weighted by Gasteiger charge is 2.27. The molecule has 3 rings (SSSR count). The van der Waals surface area contributed by atoms with Crippen LogP contribution in [-0.2, 0) is 6.54 Å². The van der Waals surface area contributed by atoms with Crippen molar-refractivity contribution in [2.45, 2.75) is 31.7 Å². The number of aryl methyl sites for hydroxylation is 1. The molecule has 2 aromatic rings. The quantitative estimate of drug-likeness (QED) is 0.752. The second-order valence-electron chi connectivity index (χ2n) is 4.76. The van der Waals surface area contributed by atoms with Crippen molar-refractivity contribution in [3.05, 3.63) is 24.3 Å². The molecule has 0 amide bonds. The van der Waals surface area contributed by atoms with E-state index < -0.39 is 0 Å². The molecule has 1 fully saturated rings. The highest BCUT2D eigenvalue weighted by Crippen LogP contribution is 2.38. The molecule has 0 aromatic carbocycles. The first-order valence-electron chi connectivity index (χ1n) is 6.54. The van der Waals surface area contributed by atoms with Crippen LogP contribution in [0.5, 0.6) is 0 Å². The SMILES string of the molecule is Nc1cc(NCCCn2ccnn2)nc(C2CC2)n1. The molecule has 0 atom stereocenters. The Morgan fingerprint density at radius 3 is 3.00 bits per heavy atom. The molecule has 100 valence electrons. The van der Waals surface area contributed by atoms with Gasteiger partial charge in [0.2, 0.25) is 0 Å². The van der Waals surface area contributed by atoms with Crippen LogP contribution in [0.1, 0.15) is 31.0 Å². The van der Waals surface area contributed by atoms with Gasteiger partial charge in [-0.1, -0.05) is 5.21 Å². The van der Waals surface area contributed by atoms with E-state index in [1.165, 1.54) is 12.8 Å². The van der Waals surface area contributed by atoms with Crippen molar-refractivity contribution in [2.75, 3.05) is 17.6 Å². The predicted molar refractivity (Wildman–Crippen MR) is 71.5 cm³/mol. The number of nitrogens with zero attached hydrogens (tertiary/aromatic N) is 5. The predicted octanol–water partition coefficient (Wildman–Crippen LogP) is 1.03. The third kappa shape index (κ3) is 3.18. The van der Waals surface area contributed by atoms with Crippen LogP contribution >= 0.6 is 0 Å². The van der Waals surface area contributed by atoms with Gasteiger partial charge in [0.1, 0.15) is 17.5 Å². The van der Waals surface area contributed by atoms with Gasteiger partial charge in [0.15, 0.2) is 0 Å². The molecule has 0 aliphatic heterocycles. The van der Waals surface area contributed by atoms with Gasteiger partial charge in [-0.25, -0.2) is 9.97 Å². The summed E-state index contributed by atoms with van der Waals surface area (Å²) in [5, 5.41) is 11.0. The number of rotatable bonds is 6. The average molecular weight is 259 g/mol. The maximum atomic E-state index is 5.79. The van der Waals surface area contributed by atoms with Crippen LogP contribution < -0.4 is 11.1 Å².